The first-order valence-electron chi connectivity index (χ1n) is 9.67. The third-order valence-electron chi connectivity index (χ3n) is 4.34. The highest BCUT2D eigenvalue weighted by atomic mass is 32.2. The molecule has 0 aliphatic heterocycles. The minimum atomic E-state index is -4.31. The van der Waals surface area contributed by atoms with E-state index < -0.39 is 45.9 Å². The molecule has 0 unspecified atom stereocenters. The number of sulfonamides is 1. The molecule has 1 heterocycles. The first kappa shape index (κ1) is 26.3. The largest absolute Gasteiger partial charge is 0.493 e. The van der Waals surface area contributed by atoms with Gasteiger partial charge in [-0.15, -0.1) is 0 Å². The lowest BCUT2D eigenvalue weighted by Crippen LogP contribution is -2.39. The lowest BCUT2D eigenvalue weighted by molar-refractivity contribution is -0.0532. The molecule has 1 aromatic carbocycles. The summed E-state index contributed by atoms with van der Waals surface area (Å²) >= 11 is 0. The Morgan fingerprint density at radius 1 is 1.21 bits per heavy atom. The normalized spacial score (nSPS) is 12.5. The zero-order chi connectivity index (χ0) is 24.4. The second kappa shape index (κ2) is 12.4. The Hall–Kier alpha value is -2.92. The van der Waals surface area contributed by atoms with Crippen LogP contribution < -0.4 is 9.47 Å². The number of hydrogen-bond acceptors (Lipinski definition) is 8. The molecule has 0 radical (unpaired) electrons. The van der Waals surface area contributed by atoms with Crippen LogP contribution in [0.25, 0.3) is 0 Å². The molecule has 2 rings (SSSR count). The number of nitriles is 1. The predicted octanol–water partition coefficient (Wildman–Crippen LogP) is 1.75. The number of rotatable bonds is 13. The van der Waals surface area contributed by atoms with Crippen molar-refractivity contribution in [1.29, 1.82) is 5.26 Å². The summed E-state index contributed by atoms with van der Waals surface area (Å²) in [5, 5.41) is 27.1. The van der Waals surface area contributed by atoms with Crippen LogP contribution in [0.3, 0.4) is 0 Å². The van der Waals surface area contributed by atoms with Crippen molar-refractivity contribution in [3.05, 3.63) is 47.8 Å². The standard InChI is InChI=1S/C20H22F3N3O6S/c21-17-9-16(6-5-15(17)10-24)31-13-14(12-28)11-26(7-2-8-27)33(29,30)19-4-1-3-18(25-19)32-20(22)23/h1,3-6,9,14,20,27-28H,2,7-8,11-13H2/t14-/m0/s1. The first-order valence-corrected chi connectivity index (χ1v) is 11.1. The van der Waals surface area contributed by atoms with Crippen molar-refractivity contribution >= 4 is 10.0 Å². The highest BCUT2D eigenvalue weighted by Crippen LogP contribution is 2.21. The van der Waals surface area contributed by atoms with Crippen molar-refractivity contribution in [2.45, 2.75) is 18.1 Å². The molecular formula is C20H22F3N3O6S. The van der Waals surface area contributed by atoms with Crippen LogP contribution >= 0.6 is 0 Å². The quantitative estimate of drug-likeness (QED) is 0.435. The lowest BCUT2D eigenvalue weighted by atomic mass is 10.1. The van der Waals surface area contributed by atoms with Gasteiger partial charge in [0, 0.05) is 37.7 Å². The van der Waals surface area contributed by atoms with Crippen LogP contribution in [0.15, 0.2) is 41.4 Å². The molecule has 0 fully saturated rings. The van der Waals surface area contributed by atoms with Crippen LogP contribution in [0.5, 0.6) is 11.6 Å². The zero-order valence-corrected chi connectivity index (χ0v) is 18.1. The minimum Gasteiger partial charge on any atom is -0.493 e. The van der Waals surface area contributed by atoms with E-state index in [1.165, 1.54) is 18.2 Å². The summed E-state index contributed by atoms with van der Waals surface area (Å²) in [7, 11) is -4.31. The molecule has 0 amide bonds. The Morgan fingerprint density at radius 3 is 2.58 bits per heavy atom. The predicted molar refractivity (Wildman–Crippen MR) is 109 cm³/mol. The number of nitrogens with zero attached hydrogens (tertiary/aromatic N) is 3. The van der Waals surface area contributed by atoms with Gasteiger partial charge in [-0.2, -0.15) is 18.3 Å². The number of hydrogen-bond donors (Lipinski definition) is 2. The van der Waals surface area contributed by atoms with E-state index in [-0.39, 0.29) is 44.0 Å². The van der Waals surface area contributed by atoms with Crippen molar-refractivity contribution in [2.24, 2.45) is 5.92 Å². The molecule has 0 spiro atoms. The number of halogens is 3. The monoisotopic (exact) mass is 489 g/mol. The molecule has 0 bridgehead atoms. The summed E-state index contributed by atoms with van der Waals surface area (Å²) < 4.78 is 75.3. The highest BCUT2D eigenvalue weighted by molar-refractivity contribution is 7.89. The SMILES string of the molecule is N#Cc1ccc(OC[C@H](CO)CN(CCCO)S(=O)(=O)c2cccc(OC(F)F)n2)cc1F. The van der Waals surface area contributed by atoms with E-state index in [2.05, 4.69) is 9.72 Å². The maximum absolute atomic E-state index is 13.7. The maximum Gasteiger partial charge on any atom is 0.388 e. The Balaban J connectivity index is 2.18. The second-order valence-corrected chi connectivity index (χ2v) is 8.63. The maximum atomic E-state index is 13.7. The Morgan fingerprint density at radius 2 is 1.97 bits per heavy atom. The minimum absolute atomic E-state index is 0.0618. The number of alkyl halides is 2. The van der Waals surface area contributed by atoms with Gasteiger partial charge >= 0.3 is 6.61 Å². The summed E-state index contributed by atoms with van der Waals surface area (Å²) in [6.45, 7) is -4.62. The van der Waals surface area contributed by atoms with E-state index >= 15 is 0 Å². The van der Waals surface area contributed by atoms with E-state index in [0.29, 0.717) is 0 Å². The zero-order valence-electron chi connectivity index (χ0n) is 17.3. The second-order valence-electron chi connectivity index (χ2n) is 6.75. The first-order chi connectivity index (χ1) is 15.7. The molecule has 0 aliphatic carbocycles. The highest BCUT2D eigenvalue weighted by Gasteiger charge is 2.29. The summed E-state index contributed by atoms with van der Waals surface area (Å²) in [5.41, 5.74) is -0.173. The molecule has 0 saturated heterocycles. The number of ether oxygens (including phenoxy) is 2. The van der Waals surface area contributed by atoms with Gasteiger partial charge in [0.25, 0.3) is 10.0 Å². The van der Waals surface area contributed by atoms with E-state index in [1.54, 1.807) is 6.07 Å². The van der Waals surface area contributed by atoms with Crippen molar-refractivity contribution in [2.75, 3.05) is 32.9 Å². The Kier molecular flexibility index (Phi) is 9.86. The lowest BCUT2D eigenvalue weighted by Gasteiger charge is -2.26. The smallest absolute Gasteiger partial charge is 0.388 e. The average molecular weight is 489 g/mol. The van der Waals surface area contributed by atoms with Gasteiger partial charge < -0.3 is 19.7 Å². The van der Waals surface area contributed by atoms with Crippen molar-refractivity contribution in [3.63, 3.8) is 0 Å². The van der Waals surface area contributed by atoms with Crippen LogP contribution in [0.2, 0.25) is 0 Å². The molecule has 33 heavy (non-hydrogen) atoms. The Labute approximate surface area is 188 Å². The van der Waals surface area contributed by atoms with Crippen molar-refractivity contribution in [1.82, 2.24) is 9.29 Å². The summed E-state index contributed by atoms with van der Waals surface area (Å²) in [5.74, 6) is -2.07. The average Bonchev–Trinajstić information content (AvgIpc) is 2.78. The number of benzene rings is 1. The van der Waals surface area contributed by atoms with Gasteiger partial charge in [0.05, 0.1) is 18.8 Å². The Bertz CT molecular complexity index is 1070. The molecule has 1 aromatic heterocycles. The number of aliphatic hydroxyl groups excluding tert-OH is 2. The third-order valence-corrected chi connectivity index (χ3v) is 6.11. The topological polar surface area (TPSA) is 133 Å². The van der Waals surface area contributed by atoms with Crippen molar-refractivity contribution < 1.29 is 41.3 Å². The van der Waals surface area contributed by atoms with Gasteiger partial charge in [0.1, 0.15) is 17.6 Å². The van der Waals surface area contributed by atoms with Gasteiger partial charge in [-0.25, -0.2) is 17.8 Å². The third kappa shape index (κ3) is 7.57. The van der Waals surface area contributed by atoms with Gasteiger partial charge in [-0.1, -0.05) is 6.07 Å². The van der Waals surface area contributed by atoms with Gasteiger partial charge in [0.2, 0.25) is 5.88 Å². The molecule has 0 saturated carbocycles. The summed E-state index contributed by atoms with van der Waals surface area (Å²) in [6.07, 6.45) is 0.0618. The fourth-order valence-corrected chi connectivity index (χ4v) is 4.22. The molecule has 180 valence electrons. The van der Waals surface area contributed by atoms with Gasteiger partial charge in [-0.3, -0.25) is 0 Å². The molecule has 9 nitrogen and oxygen atoms in total. The van der Waals surface area contributed by atoms with E-state index in [9.17, 15) is 26.7 Å². The number of aromatic nitrogens is 1. The summed E-state index contributed by atoms with van der Waals surface area (Å²) in [6, 6.07) is 8.60. The molecule has 2 N–H and O–H groups in total. The van der Waals surface area contributed by atoms with E-state index in [0.717, 1.165) is 22.5 Å². The van der Waals surface area contributed by atoms with Gasteiger partial charge in [0.15, 0.2) is 5.03 Å². The molecule has 2 aromatic rings. The number of aliphatic hydroxyl groups is 2. The van der Waals surface area contributed by atoms with Crippen LogP contribution in [-0.2, 0) is 10.0 Å². The van der Waals surface area contributed by atoms with Crippen LogP contribution in [0.4, 0.5) is 13.2 Å². The molecule has 1 atom stereocenters. The number of pyridine rings is 1. The molecule has 0 aliphatic rings. The van der Waals surface area contributed by atoms with E-state index in [4.69, 9.17) is 15.1 Å². The molecular weight excluding hydrogens is 467 g/mol. The van der Waals surface area contributed by atoms with E-state index in [1.807, 2.05) is 0 Å². The fraction of sp³-hybridized carbons (Fsp3) is 0.400. The summed E-state index contributed by atoms with van der Waals surface area (Å²) in [4.78, 5) is 3.61. The van der Waals surface area contributed by atoms with Crippen LogP contribution in [-0.4, -0.2) is 67.4 Å². The fourth-order valence-electron chi connectivity index (χ4n) is 2.73. The van der Waals surface area contributed by atoms with Crippen molar-refractivity contribution in [3.8, 4) is 17.7 Å². The van der Waals surface area contributed by atoms with Crippen LogP contribution in [0.1, 0.15) is 12.0 Å². The van der Waals surface area contributed by atoms with Gasteiger partial charge in [-0.05, 0) is 24.6 Å². The van der Waals surface area contributed by atoms with Crippen LogP contribution in [0, 0.1) is 23.1 Å². The molecule has 13 heteroatoms.